The maximum atomic E-state index is 14.0. The molecule has 0 unspecified atom stereocenters. The molecule has 6 heterocycles. The van der Waals surface area contributed by atoms with E-state index < -0.39 is 0 Å². The zero-order valence-corrected chi connectivity index (χ0v) is 27.1. The summed E-state index contributed by atoms with van der Waals surface area (Å²) in [6.45, 7) is 5.63. The van der Waals surface area contributed by atoms with E-state index in [0.717, 1.165) is 89.6 Å². The topological polar surface area (TPSA) is 89.2 Å². The van der Waals surface area contributed by atoms with Crippen LogP contribution in [0.25, 0.3) is 44.2 Å². The number of rotatable bonds is 8. The van der Waals surface area contributed by atoms with Gasteiger partial charge in [-0.05, 0) is 68.3 Å². The second-order valence-corrected chi connectivity index (χ2v) is 12.9. The summed E-state index contributed by atoms with van der Waals surface area (Å²) in [5.41, 5.74) is 7.14. The Balaban J connectivity index is 0.952. The van der Waals surface area contributed by atoms with Crippen LogP contribution in [0.4, 0.5) is 4.39 Å². The van der Waals surface area contributed by atoms with Crippen LogP contribution >= 0.6 is 0 Å². The number of halogens is 1. The lowest BCUT2D eigenvalue weighted by molar-refractivity contribution is 0.0595. The third-order valence-corrected chi connectivity index (χ3v) is 9.93. The number of nitrogens with zero attached hydrogens (tertiary/aromatic N) is 7. The third-order valence-electron chi connectivity index (χ3n) is 9.93. The molecular formula is C38H36FN7O2. The van der Waals surface area contributed by atoms with Gasteiger partial charge in [0.25, 0.3) is 5.91 Å². The van der Waals surface area contributed by atoms with E-state index in [1.807, 2.05) is 42.4 Å². The molecule has 0 spiro atoms. The molecule has 48 heavy (non-hydrogen) atoms. The molecule has 0 atom stereocenters. The number of aromatic nitrogens is 5. The highest BCUT2D eigenvalue weighted by Gasteiger charge is 2.37. The molecule has 1 amide bonds. The van der Waals surface area contributed by atoms with Crippen molar-refractivity contribution in [2.24, 2.45) is 7.05 Å². The summed E-state index contributed by atoms with van der Waals surface area (Å²) in [7, 11) is 1.85. The molecule has 4 aromatic heterocycles. The van der Waals surface area contributed by atoms with Crippen molar-refractivity contribution in [3.8, 4) is 22.4 Å². The van der Waals surface area contributed by atoms with Crippen LogP contribution in [0.2, 0.25) is 0 Å². The fourth-order valence-corrected chi connectivity index (χ4v) is 7.67. The first-order valence-corrected chi connectivity index (χ1v) is 16.6. The molecule has 0 aliphatic carbocycles. The lowest BCUT2D eigenvalue weighted by Crippen LogP contribution is -2.45. The number of carbonyl (C=O) groups is 2. The lowest BCUT2D eigenvalue weighted by atomic mass is 9.97. The fourth-order valence-electron chi connectivity index (χ4n) is 7.67. The summed E-state index contributed by atoms with van der Waals surface area (Å²) in [6, 6.07) is 18.6. The quantitative estimate of drug-likeness (QED) is 0.176. The van der Waals surface area contributed by atoms with Gasteiger partial charge in [0.2, 0.25) is 0 Å². The highest BCUT2D eigenvalue weighted by molar-refractivity contribution is 6.14. The Hall–Kier alpha value is -5.22. The Morgan fingerprint density at radius 1 is 0.917 bits per heavy atom. The van der Waals surface area contributed by atoms with Crippen molar-refractivity contribution in [2.75, 3.05) is 19.6 Å². The number of carbonyl (C=O) groups excluding carboxylic acids is 2. The Morgan fingerprint density at radius 2 is 1.69 bits per heavy atom. The smallest absolute Gasteiger partial charge is 0.257 e. The van der Waals surface area contributed by atoms with Gasteiger partial charge in [0, 0.05) is 91.2 Å². The van der Waals surface area contributed by atoms with E-state index in [0.29, 0.717) is 23.5 Å². The van der Waals surface area contributed by atoms with Crippen LogP contribution in [0.5, 0.6) is 0 Å². The van der Waals surface area contributed by atoms with E-state index in [-0.39, 0.29) is 23.5 Å². The molecule has 9 nitrogen and oxygen atoms in total. The van der Waals surface area contributed by atoms with E-state index >= 15 is 0 Å². The van der Waals surface area contributed by atoms with Gasteiger partial charge < -0.3 is 14.4 Å². The summed E-state index contributed by atoms with van der Waals surface area (Å²) >= 11 is 0. The molecule has 6 aromatic rings. The Morgan fingerprint density at radius 3 is 2.48 bits per heavy atom. The number of pyridine rings is 2. The van der Waals surface area contributed by atoms with Gasteiger partial charge in [0.15, 0.2) is 5.78 Å². The van der Waals surface area contributed by atoms with Crippen LogP contribution in [0, 0.1) is 5.82 Å². The van der Waals surface area contributed by atoms with Gasteiger partial charge >= 0.3 is 0 Å². The maximum Gasteiger partial charge on any atom is 0.257 e. The first kappa shape index (κ1) is 30.1. The average molecular weight is 642 g/mol. The average Bonchev–Trinajstić information content (AvgIpc) is 3.76. The van der Waals surface area contributed by atoms with Crippen LogP contribution in [-0.4, -0.2) is 71.5 Å². The summed E-state index contributed by atoms with van der Waals surface area (Å²) in [5.74, 6) is -0.315. The molecule has 1 saturated heterocycles. The molecule has 2 aromatic carbocycles. The van der Waals surface area contributed by atoms with Gasteiger partial charge in [-0.25, -0.2) is 4.39 Å². The highest BCUT2D eigenvalue weighted by atomic mass is 19.1. The fraction of sp³-hybridized carbons (Fsp3) is 0.289. The van der Waals surface area contributed by atoms with Gasteiger partial charge in [0.05, 0.1) is 23.3 Å². The summed E-state index contributed by atoms with van der Waals surface area (Å²) in [5, 5.41) is 6.87. The molecule has 2 aliphatic rings. The van der Waals surface area contributed by atoms with Gasteiger partial charge in [-0.15, -0.1) is 0 Å². The van der Waals surface area contributed by atoms with Crippen molar-refractivity contribution in [3.63, 3.8) is 0 Å². The first-order chi connectivity index (χ1) is 23.4. The SMILES string of the molecule is CC(=O)c1nccc2c3ccccc3n(CCCN3CCC(N4Cc5nccc(-c6cn(C)nc6-c6ccc(F)cc6)c5C4=O)CC3)c12. The van der Waals surface area contributed by atoms with E-state index in [4.69, 9.17) is 0 Å². The van der Waals surface area contributed by atoms with Crippen LogP contribution in [0.15, 0.2) is 79.3 Å². The molecule has 0 saturated carbocycles. The van der Waals surface area contributed by atoms with Crippen molar-refractivity contribution in [1.82, 2.24) is 34.1 Å². The first-order valence-electron chi connectivity index (χ1n) is 16.6. The summed E-state index contributed by atoms with van der Waals surface area (Å²) in [6.07, 6.45) is 8.15. The Bertz CT molecular complexity index is 2190. The van der Waals surface area contributed by atoms with E-state index in [2.05, 4.69) is 36.7 Å². The normalized spacial score (nSPS) is 15.6. The van der Waals surface area contributed by atoms with Crippen LogP contribution in [0.3, 0.4) is 0 Å². The molecule has 2 aliphatic heterocycles. The van der Waals surface area contributed by atoms with Gasteiger partial charge in [-0.1, -0.05) is 18.2 Å². The minimum atomic E-state index is -0.304. The number of para-hydroxylation sites is 1. The number of amides is 1. The molecule has 242 valence electrons. The van der Waals surface area contributed by atoms with Crippen molar-refractivity contribution in [2.45, 2.75) is 45.3 Å². The molecule has 0 radical (unpaired) electrons. The predicted molar refractivity (Wildman–Crippen MR) is 183 cm³/mol. The number of aryl methyl sites for hydroxylation is 2. The monoisotopic (exact) mass is 641 g/mol. The number of likely N-dealkylation sites (tertiary alicyclic amines) is 1. The van der Waals surface area contributed by atoms with Crippen molar-refractivity contribution in [3.05, 3.63) is 102 Å². The van der Waals surface area contributed by atoms with Crippen molar-refractivity contribution < 1.29 is 14.0 Å². The van der Waals surface area contributed by atoms with E-state index in [1.165, 1.54) is 12.1 Å². The minimum absolute atomic E-state index is 0.0155. The van der Waals surface area contributed by atoms with Crippen LogP contribution in [0.1, 0.15) is 52.7 Å². The van der Waals surface area contributed by atoms with Gasteiger partial charge in [0.1, 0.15) is 17.2 Å². The molecule has 8 rings (SSSR count). The maximum absolute atomic E-state index is 14.0. The van der Waals surface area contributed by atoms with Crippen molar-refractivity contribution >= 4 is 33.5 Å². The minimum Gasteiger partial charge on any atom is -0.339 e. The zero-order valence-electron chi connectivity index (χ0n) is 27.1. The molecule has 10 heteroatoms. The third kappa shape index (κ3) is 5.16. The van der Waals surface area contributed by atoms with Gasteiger partial charge in [-0.3, -0.25) is 24.2 Å². The molecule has 0 bridgehead atoms. The van der Waals surface area contributed by atoms with Crippen LogP contribution in [-0.2, 0) is 20.1 Å². The predicted octanol–water partition coefficient (Wildman–Crippen LogP) is 6.50. The molecule has 0 N–H and O–H groups in total. The van der Waals surface area contributed by atoms with Crippen molar-refractivity contribution in [1.29, 1.82) is 0 Å². The second-order valence-electron chi connectivity index (χ2n) is 12.9. The van der Waals surface area contributed by atoms with Gasteiger partial charge in [-0.2, -0.15) is 5.10 Å². The number of hydrogen-bond acceptors (Lipinski definition) is 6. The highest BCUT2D eigenvalue weighted by Crippen LogP contribution is 2.38. The number of benzene rings is 2. The zero-order chi connectivity index (χ0) is 32.9. The Kier molecular flexibility index (Phi) is 7.60. The number of Topliss-reactive ketones (excluding diaryl/α,β-unsaturated/α-hetero) is 1. The summed E-state index contributed by atoms with van der Waals surface area (Å²) in [4.78, 5) is 40.1. The van der Waals surface area contributed by atoms with E-state index in [9.17, 15) is 14.0 Å². The largest absolute Gasteiger partial charge is 0.339 e. The number of fused-ring (bicyclic) bond motifs is 4. The number of ketones is 1. The molecular weight excluding hydrogens is 605 g/mol. The standard InChI is InChI=1S/C38H36FN7O2/c1-24(47)35-37-30(13-17-41-35)28-6-3-4-7-33(28)45(37)19-5-18-44-20-14-27(15-21-44)46-23-32-34(38(46)48)29(12-16-40-32)31-22-43(2)42-36(31)25-8-10-26(39)11-9-25/h3-4,6-13,16-17,22,27H,5,14-15,18-21,23H2,1-2H3. The lowest BCUT2D eigenvalue weighted by Gasteiger charge is -2.36. The second kappa shape index (κ2) is 12.1. The van der Waals surface area contributed by atoms with Crippen LogP contribution < -0.4 is 0 Å². The summed E-state index contributed by atoms with van der Waals surface area (Å²) < 4.78 is 17.7. The Labute approximate surface area is 277 Å². The van der Waals surface area contributed by atoms with E-state index in [1.54, 1.807) is 36.1 Å². The molecule has 1 fully saturated rings. The number of hydrogen-bond donors (Lipinski definition) is 0. The number of piperidine rings is 1.